The number of hydrogen-bond donors (Lipinski definition) is 0. The predicted octanol–water partition coefficient (Wildman–Crippen LogP) is 1.22. The number of fused-ring (bicyclic) bond motifs is 1. The number of likely N-dealkylation sites (tertiary alicyclic amines) is 1. The van der Waals surface area contributed by atoms with Crippen LogP contribution < -0.4 is 0 Å². The van der Waals surface area contributed by atoms with Crippen molar-refractivity contribution in [2.45, 2.75) is 25.2 Å². The SMILES string of the molecule is Cn1cnc([C@@H]2CN(C(=O)c3occ4c3CCC4)C[C@H]2C(=O)N2CCOCC2)c1. The second-order valence-electron chi connectivity index (χ2n) is 8.25. The molecule has 2 aromatic rings. The van der Waals surface area contributed by atoms with E-state index >= 15 is 0 Å². The van der Waals surface area contributed by atoms with Crippen molar-refractivity contribution in [2.24, 2.45) is 13.0 Å². The molecule has 4 heterocycles. The van der Waals surface area contributed by atoms with Crippen molar-refractivity contribution >= 4 is 11.8 Å². The van der Waals surface area contributed by atoms with Gasteiger partial charge in [-0.15, -0.1) is 0 Å². The highest BCUT2D eigenvalue weighted by Crippen LogP contribution is 2.36. The Morgan fingerprint density at radius 2 is 1.97 bits per heavy atom. The smallest absolute Gasteiger partial charge is 0.289 e. The molecule has 0 spiro atoms. The van der Waals surface area contributed by atoms with Gasteiger partial charge in [-0.3, -0.25) is 9.59 Å². The van der Waals surface area contributed by atoms with E-state index in [4.69, 9.17) is 9.15 Å². The Balaban J connectivity index is 1.41. The molecule has 0 unspecified atom stereocenters. The molecule has 0 bridgehead atoms. The first-order valence-electron chi connectivity index (χ1n) is 10.3. The van der Waals surface area contributed by atoms with Gasteiger partial charge >= 0.3 is 0 Å². The summed E-state index contributed by atoms with van der Waals surface area (Å²) in [6.45, 7) is 3.20. The lowest BCUT2D eigenvalue weighted by molar-refractivity contribution is -0.139. The van der Waals surface area contributed by atoms with Crippen LogP contribution in [0.4, 0.5) is 0 Å². The van der Waals surface area contributed by atoms with Gasteiger partial charge in [0.25, 0.3) is 5.91 Å². The topological polar surface area (TPSA) is 80.8 Å². The predicted molar refractivity (Wildman–Crippen MR) is 103 cm³/mol. The molecule has 0 saturated carbocycles. The number of carbonyl (C=O) groups is 2. The van der Waals surface area contributed by atoms with Crippen LogP contribution >= 0.6 is 0 Å². The molecule has 154 valence electrons. The third-order valence-electron chi connectivity index (χ3n) is 6.40. The first-order chi connectivity index (χ1) is 14.1. The summed E-state index contributed by atoms with van der Waals surface area (Å²) >= 11 is 0. The normalized spacial score (nSPS) is 24.2. The lowest BCUT2D eigenvalue weighted by Crippen LogP contribution is -2.45. The largest absolute Gasteiger partial charge is 0.459 e. The zero-order chi connectivity index (χ0) is 20.0. The van der Waals surface area contributed by atoms with Gasteiger partial charge in [0.2, 0.25) is 5.91 Å². The van der Waals surface area contributed by atoms with Gasteiger partial charge in [0, 0.05) is 50.9 Å². The van der Waals surface area contributed by atoms with Gasteiger partial charge in [-0.2, -0.15) is 0 Å². The van der Waals surface area contributed by atoms with Gasteiger partial charge in [0.1, 0.15) is 0 Å². The summed E-state index contributed by atoms with van der Waals surface area (Å²) in [5.74, 6) is 0.0282. The molecule has 2 amide bonds. The minimum absolute atomic E-state index is 0.0870. The van der Waals surface area contributed by atoms with E-state index in [-0.39, 0.29) is 23.7 Å². The van der Waals surface area contributed by atoms with Gasteiger partial charge in [0.15, 0.2) is 5.76 Å². The number of imidazole rings is 1. The summed E-state index contributed by atoms with van der Waals surface area (Å²) in [5, 5.41) is 0. The van der Waals surface area contributed by atoms with Crippen LogP contribution in [0.15, 0.2) is 23.2 Å². The Labute approximate surface area is 169 Å². The standard InChI is InChI=1S/C21H26N4O4/c1-23-11-18(22-13-23)16-9-25(10-17(16)20(26)24-5-7-28-8-6-24)21(27)19-15-4-2-3-14(15)12-29-19/h11-13,16-17H,2-10H2,1H3/t16-,17-/m1/s1. The molecular weight excluding hydrogens is 372 g/mol. The van der Waals surface area contributed by atoms with Crippen LogP contribution in [0.2, 0.25) is 0 Å². The van der Waals surface area contributed by atoms with E-state index in [0.717, 1.165) is 36.1 Å². The fourth-order valence-corrected chi connectivity index (χ4v) is 4.84. The van der Waals surface area contributed by atoms with Crippen LogP contribution in [0, 0.1) is 5.92 Å². The van der Waals surface area contributed by atoms with Crippen LogP contribution in [0.3, 0.4) is 0 Å². The lowest BCUT2D eigenvalue weighted by Gasteiger charge is -2.30. The van der Waals surface area contributed by atoms with E-state index in [1.54, 1.807) is 17.5 Å². The number of carbonyl (C=O) groups excluding carboxylic acids is 2. The van der Waals surface area contributed by atoms with Gasteiger partial charge < -0.3 is 23.5 Å². The lowest BCUT2D eigenvalue weighted by atomic mass is 9.92. The van der Waals surface area contributed by atoms with Crippen molar-refractivity contribution in [3.8, 4) is 0 Å². The van der Waals surface area contributed by atoms with E-state index in [9.17, 15) is 9.59 Å². The van der Waals surface area contributed by atoms with Crippen molar-refractivity contribution in [3.63, 3.8) is 0 Å². The third kappa shape index (κ3) is 3.25. The maximum Gasteiger partial charge on any atom is 0.289 e. The van der Waals surface area contributed by atoms with Crippen LogP contribution in [0.25, 0.3) is 0 Å². The van der Waals surface area contributed by atoms with E-state index in [2.05, 4.69) is 4.98 Å². The van der Waals surface area contributed by atoms with E-state index in [1.807, 2.05) is 22.7 Å². The van der Waals surface area contributed by atoms with Crippen LogP contribution in [0.5, 0.6) is 0 Å². The average Bonchev–Trinajstić information content (AvgIpc) is 3.50. The molecular formula is C21H26N4O4. The first-order valence-corrected chi connectivity index (χ1v) is 10.3. The van der Waals surface area contributed by atoms with Crippen LogP contribution in [-0.2, 0) is 29.4 Å². The van der Waals surface area contributed by atoms with Crippen molar-refractivity contribution in [2.75, 3.05) is 39.4 Å². The molecule has 29 heavy (non-hydrogen) atoms. The molecule has 0 radical (unpaired) electrons. The van der Waals surface area contributed by atoms with Crippen LogP contribution in [-0.4, -0.2) is 70.6 Å². The minimum Gasteiger partial charge on any atom is -0.459 e. The zero-order valence-corrected chi connectivity index (χ0v) is 16.7. The molecule has 2 atom stereocenters. The van der Waals surface area contributed by atoms with Crippen molar-refractivity contribution < 1.29 is 18.7 Å². The molecule has 8 heteroatoms. The summed E-state index contributed by atoms with van der Waals surface area (Å²) in [4.78, 5) is 34.7. The molecule has 2 aromatic heterocycles. The van der Waals surface area contributed by atoms with Crippen LogP contribution in [0.1, 0.15) is 39.7 Å². The van der Waals surface area contributed by atoms with E-state index in [1.165, 1.54) is 0 Å². The minimum atomic E-state index is -0.296. The van der Waals surface area contributed by atoms with Gasteiger partial charge in [-0.05, 0) is 24.8 Å². The molecule has 5 rings (SSSR count). The summed E-state index contributed by atoms with van der Waals surface area (Å²) in [5.41, 5.74) is 3.06. The number of aromatic nitrogens is 2. The van der Waals surface area contributed by atoms with E-state index in [0.29, 0.717) is 45.2 Å². The highest BCUT2D eigenvalue weighted by atomic mass is 16.5. The Morgan fingerprint density at radius 3 is 2.72 bits per heavy atom. The Kier molecular flexibility index (Phi) is 4.66. The zero-order valence-electron chi connectivity index (χ0n) is 16.7. The monoisotopic (exact) mass is 398 g/mol. The van der Waals surface area contributed by atoms with Crippen molar-refractivity contribution in [1.82, 2.24) is 19.4 Å². The highest BCUT2D eigenvalue weighted by Gasteiger charge is 2.44. The second kappa shape index (κ2) is 7.33. The number of aryl methyl sites for hydroxylation is 2. The number of amides is 2. The number of rotatable bonds is 3. The van der Waals surface area contributed by atoms with Gasteiger partial charge in [0.05, 0.1) is 37.4 Å². The number of ether oxygens (including phenoxy) is 1. The summed E-state index contributed by atoms with van der Waals surface area (Å²) in [6.07, 6.45) is 8.34. The Bertz CT molecular complexity index is 927. The maximum absolute atomic E-state index is 13.3. The molecule has 0 N–H and O–H groups in total. The summed E-state index contributed by atoms with van der Waals surface area (Å²) in [6, 6.07) is 0. The summed E-state index contributed by atoms with van der Waals surface area (Å²) in [7, 11) is 1.92. The second-order valence-corrected chi connectivity index (χ2v) is 8.25. The quantitative estimate of drug-likeness (QED) is 0.777. The number of morpholine rings is 1. The molecule has 3 aliphatic rings. The summed E-state index contributed by atoms with van der Waals surface area (Å²) < 4.78 is 12.9. The molecule has 8 nitrogen and oxygen atoms in total. The Morgan fingerprint density at radius 1 is 1.14 bits per heavy atom. The fraction of sp³-hybridized carbons (Fsp3) is 0.571. The fourth-order valence-electron chi connectivity index (χ4n) is 4.84. The molecule has 2 aliphatic heterocycles. The molecule has 0 aromatic carbocycles. The maximum atomic E-state index is 13.3. The Hall–Kier alpha value is -2.61. The van der Waals surface area contributed by atoms with Gasteiger partial charge in [-0.1, -0.05) is 0 Å². The molecule has 1 aliphatic carbocycles. The van der Waals surface area contributed by atoms with E-state index < -0.39 is 0 Å². The van der Waals surface area contributed by atoms with Crippen molar-refractivity contribution in [3.05, 3.63) is 41.4 Å². The first kappa shape index (κ1) is 18.4. The average molecular weight is 398 g/mol. The third-order valence-corrected chi connectivity index (χ3v) is 6.40. The highest BCUT2D eigenvalue weighted by molar-refractivity contribution is 5.94. The number of hydrogen-bond acceptors (Lipinski definition) is 5. The molecule has 2 fully saturated rings. The number of furan rings is 1. The van der Waals surface area contributed by atoms with Gasteiger partial charge in [-0.25, -0.2) is 4.98 Å². The molecule has 2 saturated heterocycles. The number of nitrogens with zero attached hydrogens (tertiary/aromatic N) is 4. The van der Waals surface area contributed by atoms with Crippen molar-refractivity contribution in [1.29, 1.82) is 0 Å².